The lowest BCUT2D eigenvalue weighted by Gasteiger charge is -2.10. The molecule has 0 aliphatic carbocycles. The van der Waals surface area contributed by atoms with Crippen LogP contribution in [0.4, 0.5) is 0 Å². The minimum absolute atomic E-state index is 0.0731. The van der Waals surface area contributed by atoms with E-state index in [1.165, 1.54) is 0 Å². The molecule has 0 radical (unpaired) electrons. The van der Waals surface area contributed by atoms with Crippen LogP contribution in [-0.2, 0) is 11.2 Å². The highest BCUT2D eigenvalue weighted by molar-refractivity contribution is 5.76. The van der Waals surface area contributed by atoms with Gasteiger partial charge in [-0.1, -0.05) is 6.07 Å². The van der Waals surface area contributed by atoms with E-state index in [0.29, 0.717) is 24.3 Å². The number of fused-ring (bicyclic) bond motifs is 2. The van der Waals surface area contributed by atoms with Crippen LogP contribution >= 0.6 is 0 Å². The molecule has 0 unspecified atom stereocenters. The molecular formula is C24H23N5O4. The maximum Gasteiger partial charge on any atom is 0.231 e. The number of amides is 1. The molecule has 0 spiro atoms. The molecule has 9 nitrogen and oxygen atoms in total. The first-order valence-corrected chi connectivity index (χ1v) is 10.6. The molecule has 2 aromatic heterocycles. The van der Waals surface area contributed by atoms with Crippen molar-refractivity contribution in [2.45, 2.75) is 25.8 Å². The van der Waals surface area contributed by atoms with E-state index < -0.39 is 0 Å². The summed E-state index contributed by atoms with van der Waals surface area (Å²) in [4.78, 5) is 21.5. The Morgan fingerprint density at radius 2 is 1.97 bits per heavy atom. The minimum Gasteiger partial charge on any atom is -0.497 e. The Labute approximate surface area is 190 Å². The summed E-state index contributed by atoms with van der Waals surface area (Å²) < 4.78 is 17.5. The molecule has 1 aliphatic rings. The van der Waals surface area contributed by atoms with E-state index in [0.717, 1.165) is 34.1 Å². The van der Waals surface area contributed by atoms with Crippen LogP contribution in [0.2, 0.25) is 0 Å². The third-order valence-electron chi connectivity index (χ3n) is 5.47. The molecule has 1 atom stereocenters. The molecule has 1 aliphatic heterocycles. The molecular weight excluding hydrogens is 422 g/mol. The SMILES string of the molecule is COc1ccc(-c2cc3nc([C@H](C)NC(=O)CCc4ccc5c(c4)OCO5)nn3cn2)cc1. The Morgan fingerprint density at radius 1 is 1.15 bits per heavy atom. The molecule has 2 aromatic carbocycles. The van der Waals surface area contributed by atoms with Crippen LogP contribution < -0.4 is 19.5 Å². The number of ether oxygens (including phenoxy) is 3. The molecule has 3 heterocycles. The number of nitrogens with one attached hydrogen (secondary N) is 1. The fourth-order valence-corrected chi connectivity index (χ4v) is 3.65. The van der Waals surface area contributed by atoms with E-state index in [9.17, 15) is 4.79 Å². The number of aryl methyl sites for hydroxylation is 1. The zero-order chi connectivity index (χ0) is 22.8. The number of rotatable bonds is 7. The molecule has 1 N–H and O–H groups in total. The van der Waals surface area contributed by atoms with Gasteiger partial charge in [0, 0.05) is 18.1 Å². The predicted octanol–water partition coefficient (Wildman–Crippen LogP) is 3.34. The summed E-state index contributed by atoms with van der Waals surface area (Å²) in [5.74, 6) is 2.70. The van der Waals surface area contributed by atoms with E-state index in [1.54, 1.807) is 18.0 Å². The molecule has 1 amide bonds. The second-order valence-corrected chi connectivity index (χ2v) is 7.75. The van der Waals surface area contributed by atoms with Crippen LogP contribution in [0, 0.1) is 0 Å². The van der Waals surface area contributed by atoms with Gasteiger partial charge in [0.2, 0.25) is 12.7 Å². The van der Waals surface area contributed by atoms with Gasteiger partial charge in [0.05, 0.1) is 18.8 Å². The lowest BCUT2D eigenvalue weighted by Crippen LogP contribution is -2.27. The number of carbonyl (C=O) groups excluding carboxylic acids is 1. The van der Waals surface area contributed by atoms with Crippen LogP contribution in [-0.4, -0.2) is 39.4 Å². The van der Waals surface area contributed by atoms with Gasteiger partial charge in [0.25, 0.3) is 0 Å². The monoisotopic (exact) mass is 445 g/mol. The van der Waals surface area contributed by atoms with Gasteiger partial charge in [0.1, 0.15) is 12.1 Å². The number of nitrogens with zero attached hydrogens (tertiary/aromatic N) is 4. The smallest absolute Gasteiger partial charge is 0.231 e. The average Bonchev–Trinajstić information content (AvgIpc) is 3.49. The van der Waals surface area contributed by atoms with E-state index in [-0.39, 0.29) is 18.7 Å². The third kappa shape index (κ3) is 4.43. The highest BCUT2D eigenvalue weighted by atomic mass is 16.7. The number of hydrogen-bond acceptors (Lipinski definition) is 7. The van der Waals surface area contributed by atoms with Crippen molar-refractivity contribution in [2.24, 2.45) is 0 Å². The van der Waals surface area contributed by atoms with Gasteiger partial charge < -0.3 is 19.5 Å². The summed E-state index contributed by atoms with van der Waals surface area (Å²) in [6.07, 6.45) is 2.57. The largest absolute Gasteiger partial charge is 0.497 e. The van der Waals surface area contributed by atoms with Crippen LogP contribution in [0.3, 0.4) is 0 Å². The van der Waals surface area contributed by atoms with Gasteiger partial charge in [0.15, 0.2) is 23.0 Å². The standard InChI is InChI=1S/C24H23N5O4/c1-15(26-23(30)10-4-16-3-9-20-21(11-16)33-14-32-20)24-27-22-12-19(25-13-29(22)28-24)17-5-7-18(31-2)8-6-17/h3,5-9,11-13,15H,4,10,14H2,1-2H3,(H,26,30)/t15-/m0/s1. The molecule has 9 heteroatoms. The van der Waals surface area contributed by atoms with Gasteiger partial charge >= 0.3 is 0 Å². The molecule has 168 valence electrons. The highest BCUT2D eigenvalue weighted by Gasteiger charge is 2.17. The second-order valence-electron chi connectivity index (χ2n) is 7.75. The summed E-state index contributed by atoms with van der Waals surface area (Å²) in [5.41, 5.74) is 3.41. The lowest BCUT2D eigenvalue weighted by atomic mass is 10.1. The molecule has 33 heavy (non-hydrogen) atoms. The van der Waals surface area contributed by atoms with Crippen LogP contribution in [0.25, 0.3) is 16.9 Å². The summed E-state index contributed by atoms with van der Waals surface area (Å²) >= 11 is 0. The highest BCUT2D eigenvalue weighted by Crippen LogP contribution is 2.32. The van der Waals surface area contributed by atoms with E-state index >= 15 is 0 Å². The average molecular weight is 445 g/mol. The van der Waals surface area contributed by atoms with E-state index in [2.05, 4.69) is 20.4 Å². The van der Waals surface area contributed by atoms with Gasteiger partial charge in [-0.05, 0) is 55.3 Å². The zero-order valence-electron chi connectivity index (χ0n) is 18.3. The van der Waals surface area contributed by atoms with Crippen molar-refractivity contribution < 1.29 is 19.0 Å². The number of hydrogen-bond donors (Lipinski definition) is 1. The van der Waals surface area contributed by atoms with Crippen molar-refractivity contribution in [2.75, 3.05) is 13.9 Å². The van der Waals surface area contributed by atoms with Crippen molar-refractivity contribution in [3.05, 3.63) is 66.2 Å². The molecule has 4 aromatic rings. The quantitative estimate of drug-likeness (QED) is 0.466. The summed E-state index contributed by atoms with van der Waals surface area (Å²) in [6, 6.07) is 14.9. The van der Waals surface area contributed by atoms with Gasteiger partial charge in [-0.25, -0.2) is 14.5 Å². The summed E-state index contributed by atoms with van der Waals surface area (Å²) in [7, 11) is 1.63. The fourth-order valence-electron chi connectivity index (χ4n) is 3.65. The normalized spacial score (nSPS) is 13.2. The minimum atomic E-state index is -0.335. The van der Waals surface area contributed by atoms with Crippen LogP contribution in [0.15, 0.2) is 54.9 Å². The Balaban J connectivity index is 1.23. The first-order chi connectivity index (χ1) is 16.1. The maximum absolute atomic E-state index is 12.5. The van der Waals surface area contributed by atoms with E-state index in [4.69, 9.17) is 14.2 Å². The number of aromatic nitrogens is 4. The van der Waals surface area contributed by atoms with Crippen molar-refractivity contribution in [3.63, 3.8) is 0 Å². The second kappa shape index (κ2) is 8.78. The predicted molar refractivity (Wildman–Crippen MR) is 120 cm³/mol. The fraction of sp³-hybridized carbons (Fsp3) is 0.250. The molecule has 0 saturated carbocycles. The van der Waals surface area contributed by atoms with Crippen LogP contribution in [0.5, 0.6) is 17.2 Å². The zero-order valence-corrected chi connectivity index (χ0v) is 18.3. The summed E-state index contributed by atoms with van der Waals surface area (Å²) in [5, 5.41) is 7.43. The summed E-state index contributed by atoms with van der Waals surface area (Å²) in [6.45, 7) is 2.10. The van der Waals surface area contributed by atoms with Gasteiger partial charge in [-0.15, -0.1) is 5.10 Å². The van der Waals surface area contributed by atoms with Crippen molar-refractivity contribution >= 4 is 11.6 Å². The van der Waals surface area contributed by atoms with Crippen molar-refractivity contribution in [1.29, 1.82) is 0 Å². The lowest BCUT2D eigenvalue weighted by molar-refractivity contribution is -0.121. The number of benzene rings is 2. The number of carbonyl (C=O) groups is 1. The van der Waals surface area contributed by atoms with Gasteiger partial charge in [-0.2, -0.15) is 0 Å². The Kier molecular flexibility index (Phi) is 5.52. The Morgan fingerprint density at radius 3 is 2.79 bits per heavy atom. The van der Waals surface area contributed by atoms with Gasteiger partial charge in [-0.3, -0.25) is 4.79 Å². The van der Waals surface area contributed by atoms with Crippen LogP contribution in [0.1, 0.15) is 30.8 Å². The third-order valence-corrected chi connectivity index (χ3v) is 5.47. The Bertz CT molecular complexity index is 1300. The first kappa shape index (κ1) is 20.7. The molecule has 5 rings (SSSR count). The molecule has 0 saturated heterocycles. The molecule has 0 fully saturated rings. The first-order valence-electron chi connectivity index (χ1n) is 10.6. The maximum atomic E-state index is 12.5. The Hall–Kier alpha value is -4.14. The van der Waals surface area contributed by atoms with Crippen molar-refractivity contribution in [3.8, 4) is 28.5 Å². The topological polar surface area (TPSA) is 99.9 Å². The molecule has 0 bridgehead atoms. The number of methoxy groups -OCH3 is 1. The van der Waals surface area contributed by atoms with E-state index in [1.807, 2.05) is 55.5 Å². The van der Waals surface area contributed by atoms with Crippen molar-refractivity contribution in [1.82, 2.24) is 24.9 Å².